The minimum Gasteiger partial charge on any atom is -0.346 e. The van der Waals surface area contributed by atoms with Crippen LogP contribution in [0.5, 0.6) is 0 Å². The van der Waals surface area contributed by atoms with Gasteiger partial charge < -0.3 is 5.32 Å². The fraction of sp³-hybridized carbons (Fsp3) is 0.182. The van der Waals surface area contributed by atoms with Gasteiger partial charge in [-0.25, -0.2) is 4.98 Å². The minimum atomic E-state index is -0.0725. The van der Waals surface area contributed by atoms with Gasteiger partial charge in [-0.15, -0.1) is 0 Å². The molecule has 1 N–H and O–H groups in total. The summed E-state index contributed by atoms with van der Waals surface area (Å²) in [5, 5.41) is 4.23. The van der Waals surface area contributed by atoms with Crippen LogP contribution in [-0.4, -0.2) is 10.9 Å². The number of hydrogen-bond acceptors (Lipinski definition) is 2. The highest BCUT2D eigenvalue weighted by Crippen LogP contribution is 2.29. The summed E-state index contributed by atoms with van der Waals surface area (Å²) in [6.45, 7) is 0. The summed E-state index contributed by atoms with van der Waals surface area (Å²) in [7, 11) is 0. The highest BCUT2D eigenvalue weighted by molar-refractivity contribution is 5.92. The molecule has 124 valence electrons. The maximum Gasteiger partial charge on any atom is 0.244 e. The number of amides is 1. The van der Waals surface area contributed by atoms with Crippen molar-refractivity contribution in [3.8, 4) is 0 Å². The molecular formula is C22H20N2O. The van der Waals surface area contributed by atoms with Crippen molar-refractivity contribution in [2.75, 3.05) is 0 Å². The normalized spacial score (nSPS) is 16.7. The van der Waals surface area contributed by atoms with Crippen molar-refractivity contribution < 1.29 is 4.79 Å². The lowest BCUT2D eigenvalue weighted by atomic mass is 9.88. The number of nitrogens with zero attached hydrogens (tertiary/aromatic N) is 1. The molecular weight excluding hydrogens is 308 g/mol. The van der Waals surface area contributed by atoms with E-state index in [1.165, 1.54) is 11.1 Å². The molecule has 1 aliphatic rings. The zero-order valence-electron chi connectivity index (χ0n) is 14.0. The number of aromatic nitrogens is 1. The third-order valence-corrected chi connectivity index (χ3v) is 4.71. The summed E-state index contributed by atoms with van der Waals surface area (Å²) in [5.74, 6) is -0.0725. The summed E-state index contributed by atoms with van der Waals surface area (Å²) in [6, 6.07) is 20.4. The van der Waals surface area contributed by atoms with Gasteiger partial charge in [-0.3, -0.25) is 4.79 Å². The number of para-hydroxylation sites is 1. The number of pyridine rings is 1. The molecule has 1 amide bonds. The van der Waals surface area contributed by atoms with E-state index in [2.05, 4.69) is 28.5 Å². The van der Waals surface area contributed by atoms with Crippen LogP contribution in [0, 0.1) is 0 Å². The van der Waals surface area contributed by atoms with E-state index in [9.17, 15) is 4.79 Å². The van der Waals surface area contributed by atoms with Crippen LogP contribution in [0.25, 0.3) is 17.0 Å². The van der Waals surface area contributed by atoms with Crippen molar-refractivity contribution in [3.63, 3.8) is 0 Å². The van der Waals surface area contributed by atoms with E-state index >= 15 is 0 Å². The average molecular weight is 328 g/mol. The first-order chi connectivity index (χ1) is 12.3. The zero-order valence-corrected chi connectivity index (χ0v) is 14.0. The van der Waals surface area contributed by atoms with Gasteiger partial charge in [-0.05, 0) is 48.6 Å². The molecule has 1 heterocycles. The van der Waals surface area contributed by atoms with E-state index in [0.29, 0.717) is 0 Å². The van der Waals surface area contributed by atoms with Crippen LogP contribution in [-0.2, 0) is 11.2 Å². The van der Waals surface area contributed by atoms with Crippen LogP contribution in [0.2, 0.25) is 0 Å². The first-order valence-corrected chi connectivity index (χ1v) is 8.72. The molecule has 25 heavy (non-hydrogen) atoms. The summed E-state index contributed by atoms with van der Waals surface area (Å²) < 4.78 is 0. The Kier molecular flexibility index (Phi) is 4.30. The van der Waals surface area contributed by atoms with E-state index in [-0.39, 0.29) is 11.9 Å². The molecule has 2 aromatic carbocycles. The van der Waals surface area contributed by atoms with Gasteiger partial charge in [0.2, 0.25) is 5.91 Å². The maximum atomic E-state index is 12.3. The number of carbonyl (C=O) groups is 1. The van der Waals surface area contributed by atoms with Crippen LogP contribution in [0.1, 0.15) is 35.7 Å². The fourth-order valence-corrected chi connectivity index (χ4v) is 3.46. The Balaban J connectivity index is 1.47. The molecule has 0 saturated heterocycles. The molecule has 3 aromatic rings. The summed E-state index contributed by atoms with van der Waals surface area (Å²) in [5.41, 5.74) is 4.32. The van der Waals surface area contributed by atoms with Gasteiger partial charge in [0.05, 0.1) is 17.3 Å². The third-order valence-electron chi connectivity index (χ3n) is 4.71. The molecule has 3 nitrogen and oxygen atoms in total. The van der Waals surface area contributed by atoms with Crippen LogP contribution in [0.4, 0.5) is 0 Å². The van der Waals surface area contributed by atoms with E-state index in [1.54, 1.807) is 12.2 Å². The predicted molar refractivity (Wildman–Crippen MR) is 101 cm³/mol. The van der Waals surface area contributed by atoms with Crippen LogP contribution < -0.4 is 5.32 Å². The van der Waals surface area contributed by atoms with E-state index < -0.39 is 0 Å². The predicted octanol–water partition coefficient (Wildman–Crippen LogP) is 4.44. The van der Waals surface area contributed by atoms with E-state index in [4.69, 9.17) is 0 Å². The lowest BCUT2D eigenvalue weighted by molar-refractivity contribution is -0.117. The molecule has 3 heteroatoms. The van der Waals surface area contributed by atoms with Gasteiger partial charge in [0.1, 0.15) is 0 Å². The largest absolute Gasteiger partial charge is 0.346 e. The second kappa shape index (κ2) is 6.89. The van der Waals surface area contributed by atoms with Crippen molar-refractivity contribution in [2.45, 2.75) is 25.3 Å². The first-order valence-electron chi connectivity index (χ1n) is 8.72. The molecule has 0 spiro atoms. The van der Waals surface area contributed by atoms with Gasteiger partial charge in [-0.1, -0.05) is 48.5 Å². The van der Waals surface area contributed by atoms with Gasteiger partial charge >= 0.3 is 0 Å². The summed E-state index contributed by atoms with van der Waals surface area (Å²) in [6.07, 6.45) is 6.55. The van der Waals surface area contributed by atoms with Gasteiger partial charge in [0, 0.05) is 11.5 Å². The Morgan fingerprint density at radius 3 is 2.84 bits per heavy atom. The topological polar surface area (TPSA) is 42.0 Å². The number of aryl methyl sites for hydroxylation is 1. The summed E-state index contributed by atoms with van der Waals surface area (Å²) >= 11 is 0. The van der Waals surface area contributed by atoms with Crippen molar-refractivity contribution in [1.82, 2.24) is 10.3 Å². The van der Waals surface area contributed by atoms with Crippen molar-refractivity contribution in [2.24, 2.45) is 0 Å². The van der Waals surface area contributed by atoms with Crippen molar-refractivity contribution >= 4 is 22.9 Å². The Labute approximate surface area is 147 Å². The number of hydrogen-bond donors (Lipinski definition) is 1. The van der Waals surface area contributed by atoms with Gasteiger partial charge in [-0.2, -0.15) is 0 Å². The number of rotatable bonds is 3. The maximum absolute atomic E-state index is 12.3. The lowest BCUT2D eigenvalue weighted by Gasteiger charge is -2.25. The number of nitrogens with one attached hydrogen (secondary N) is 1. The standard InChI is InChI=1S/C22H20N2O/c25-22(24-21-11-5-8-16-6-1-3-9-19(16)21)15-14-18-13-12-17-7-2-4-10-20(17)23-18/h1-4,6-7,9-10,12-15,21H,5,8,11H2,(H,24,25)/b15-14+/t21-/m1/s1. The second-order valence-electron chi connectivity index (χ2n) is 6.41. The molecule has 0 unspecified atom stereocenters. The fourth-order valence-electron chi connectivity index (χ4n) is 3.46. The molecule has 4 rings (SSSR count). The Morgan fingerprint density at radius 1 is 1.04 bits per heavy atom. The van der Waals surface area contributed by atoms with Crippen LogP contribution >= 0.6 is 0 Å². The molecule has 0 aliphatic heterocycles. The number of fused-ring (bicyclic) bond motifs is 2. The third kappa shape index (κ3) is 3.45. The second-order valence-corrected chi connectivity index (χ2v) is 6.41. The molecule has 0 saturated carbocycles. The van der Waals surface area contributed by atoms with E-state index in [1.807, 2.05) is 42.5 Å². The molecule has 1 aliphatic carbocycles. The molecule has 0 radical (unpaired) electrons. The number of benzene rings is 2. The minimum absolute atomic E-state index is 0.0725. The first kappa shape index (κ1) is 15.6. The Hall–Kier alpha value is -2.94. The monoisotopic (exact) mass is 328 g/mol. The molecule has 0 fully saturated rings. The smallest absolute Gasteiger partial charge is 0.244 e. The van der Waals surface area contributed by atoms with Crippen molar-refractivity contribution in [3.05, 3.63) is 83.6 Å². The van der Waals surface area contributed by atoms with Gasteiger partial charge in [0.25, 0.3) is 0 Å². The average Bonchev–Trinajstić information content (AvgIpc) is 2.66. The van der Waals surface area contributed by atoms with Crippen LogP contribution in [0.15, 0.2) is 66.7 Å². The van der Waals surface area contributed by atoms with Crippen LogP contribution in [0.3, 0.4) is 0 Å². The Bertz CT molecular complexity index is 945. The van der Waals surface area contributed by atoms with Crippen molar-refractivity contribution in [1.29, 1.82) is 0 Å². The van der Waals surface area contributed by atoms with E-state index in [0.717, 1.165) is 35.9 Å². The molecule has 1 atom stereocenters. The molecule has 0 bridgehead atoms. The summed E-state index contributed by atoms with van der Waals surface area (Å²) in [4.78, 5) is 16.9. The Morgan fingerprint density at radius 2 is 1.88 bits per heavy atom. The highest BCUT2D eigenvalue weighted by Gasteiger charge is 2.20. The quantitative estimate of drug-likeness (QED) is 0.722. The molecule has 1 aromatic heterocycles. The zero-order chi connectivity index (χ0) is 17.1. The SMILES string of the molecule is O=C(/C=C/c1ccc2ccccc2n1)N[C@@H]1CCCc2ccccc21. The highest BCUT2D eigenvalue weighted by atomic mass is 16.1. The number of carbonyl (C=O) groups excluding carboxylic acids is 1. The van der Waals surface area contributed by atoms with Gasteiger partial charge in [0.15, 0.2) is 0 Å². The lowest BCUT2D eigenvalue weighted by Crippen LogP contribution is -2.29.